The van der Waals surface area contributed by atoms with Crippen molar-refractivity contribution in [3.63, 3.8) is 0 Å². The van der Waals surface area contributed by atoms with E-state index in [0.29, 0.717) is 0 Å². The fourth-order valence-corrected chi connectivity index (χ4v) is 0.743. The van der Waals surface area contributed by atoms with Gasteiger partial charge >= 0.3 is 18.9 Å². The first-order chi connectivity index (χ1) is 4.35. The first-order valence-corrected chi connectivity index (χ1v) is 3.47. The van der Waals surface area contributed by atoms with E-state index in [9.17, 15) is 4.79 Å². The number of amides is 1. The van der Waals surface area contributed by atoms with E-state index in [-0.39, 0.29) is 18.9 Å². The van der Waals surface area contributed by atoms with Crippen LogP contribution in [0.5, 0.6) is 0 Å². The summed E-state index contributed by atoms with van der Waals surface area (Å²) in [6.07, 6.45) is 3.93. The summed E-state index contributed by atoms with van der Waals surface area (Å²) >= 11 is 0. The Morgan fingerprint density at radius 3 is 1.80 bits per heavy atom. The minimum atomic E-state index is 0. The molecule has 0 N–H and O–H groups in total. The Bertz CT molecular complexity index is 72.0. The molecule has 2 nitrogen and oxygen atoms in total. The van der Waals surface area contributed by atoms with Crippen LogP contribution in [0.3, 0.4) is 0 Å². The first kappa shape index (κ1) is 12.7. The Balaban J connectivity index is 0. The smallest absolute Gasteiger partial charge is 0.520 e. The molecule has 0 aliphatic rings. The average Bonchev–Trinajstić information content (AvgIpc) is 1.88. The molecule has 0 saturated carbocycles. The maximum absolute atomic E-state index is 10.1. The predicted octanol–water partition coefficient (Wildman–Crippen LogP) is -1.82. The SMILES string of the molecule is CCCN([C-]=O)CCC.[Li+]. The molecule has 0 heterocycles. The minimum absolute atomic E-state index is 0. The zero-order valence-corrected chi connectivity index (χ0v) is 7.18. The van der Waals surface area contributed by atoms with Gasteiger partial charge in [0.2, 0.25) is 0 Å². The predicted molar refractivity (Wildman–Crippen MR) is 37.8 cm³/mol. The molecule has 0 radical (unpaired) electrons. The van der Waals surface area contributed by atoms with Gasteiger partial charge in [0.05, 0.1) is 0 Å². The largest absolute Gasteiger partial charge is 1.00 e. The Kier molecular flexibility index (Phi) is 11.5. The number of carbonyl (C=O) groups excluding carboxylic acids is 1. The van der Waals surface area contributed by atoms with Gasteiger partial charge < -0.3 is 9.69 Å². The standard InChI is InChI=1S/C7H14NO.Li/c1-3-5-8(7-9)6-4-2;/h3-6H2,1-2H3;/q-1;+1. The molecule has 0 rings (SSSR count). The molecule has 1 amide bonds. The van der Waals surface area contributed by atoms with Gasteiger partial charge in [-0.1, -0.05) is 13.8 Å². The second kappa shape index (κ2) is 9.07. The Hall–Kier alpha value is 0.0674. The van der Waals surface area contributed by atoms with E-state index < -0.39 is 0 Å². The van der Waals surface area contributed by atoms with Gasteiger partial charge in [0.25, 0.3) is 0 Å². The fraction of sp³-hybridized carbons (Fsp3) is 0.857. The van der Waals surface area contributed by atoms with E-state index in [0.717, 1.165) is 25.9 Å². The van der Waals surface area contributed by atoms with Crippen LogP contribution in [0.15, 0.2) is 0 Å². The zero-order valence-electron chi connectivity index (χ0n) is 7.18. The molecule has 10 heavy (non-hydrogen) atoms. The molecule has 0 bridgehead atoms. The minimum Gasteiger partial charge on any atom is -0.520 e. The van der Waals surface area contributed by atoms with Crippen LogP contribution in [0.4, 0.5) is 0 Å². The van der Waals surface area contributed by atoms with Crippen LogP contribution < -0.4 is 18.9 Å². The molecule has 0 aliphatic heterocycles. The molecule has 0 aliphatic carbocycles. The van der Waals surface area contributed by atoms with Crippen LogP contribution in [0.1, 0.15) is 26.7 Å². The average molecular weight is 135 g/mol. The Morgan fingerprint density at radius 1 is 1.20 bits per heavy atom. The zero-order chi connectivity index (χ0) is 7.11. The quantitative estimate of drug-likeness (QED) is 0.247. The maximum atomic E-state index is 10.1. The first-order valence-electron chi connectivity index (χ1n) is 3.47. The number of hydrogen-bond donors (Lipinski definition) is 0. The molecule has 0 unspecified atom stereocenters. The van der Waals surface area contributed by atoms with Crippen LogP contribution in [0.2, 0.25) is 0 Å². The molecule has 0 aromatic heterocycles. The van der Waals surface area contributed by atoms with E-state index in [2.05, 4.69) is 13.8 Å². The molecule has 0 saturated heterocycles. The summed E-state index contributed by atoms with van der Waals surface area (Å²) in [4.78, 5) is 11.8. The second-order valence-corrected chi connectivity index (χ2v) is 2.08. The topological polar surface area (TPSA) is 20.3 Å². The third kappa shape index (κ3) is 6.19. The molecule has 3 heteroatoms. The molecular weight excluding hydrogens is 121 g/mol. The van der Waals surface area contributed by atoms with E-state index in [1.165, 1.54) is 0 Å². The molecule has 0 fully saturated rings. The molecular formula is C7H14LiNO. The van der Waals surface area contributed by atoms with Gasteiger partial charge in [0.15, 0.2) is 0 Å². The third-order valence-corrected chi connectivity index (χ3v) is 1.12. The third-order valence-electron chi connectivity index (χ3n) is 1.12. The summed E-state index contributed by atoms with van der Waals surface area (Å²) in [7, 11) is 0. The Labute approximate surface area is 75.1 Å². The molecule has 54 valence electrons. The van der Waals surface area contributed by atoms with Crippen LogP contribution in [0, 0.1) is 0 Å². The second-order valence-electron chi connectivity index (χ2n) is 2.08. The van der Waals surface area contributed by atoms with Crippen molar-refractivity contribution >= 4 is 6.41 Å². The summed E-state index contributed by atoms with van der Waals surface area (Å²) in [5.74, 6) is 0. The maximum Gasteiger partial charge on any atom is 1.00 e. The molecule has 0 aromatic carbocycles. The number of hydrogen-bond acceptors (Lipinski definition) is 1. The van der Waals surface area contributed by atoms with Crippen LogP contribution in [-0.4, -0.2) is 24.4 Å². The summed E-state index contributed by atoms with van der Waals surface area (Å²) < 4.78 is 0. The monoisotopic (exact) mass is 135 g/mol. The molecule has 0 aromatic rings. The molecule has 0 atom stereocenters. The summed E-state index contributed by atoms with van der Waals surface area (Å²) in [5.41, 5.74) is 0. The van der Waals surface area contributed by atoms with Gasteiger partial charge in [-0.2, -0.15) is 6.41 Å². The summed E-state index contributed by atoms with van der Waals surface area (Å²) in [5, 5.41) is 0. The van der Waals surface area contributed by atoms with Crippen molar-refractivity contribution in [2.45, 2.75) is 26.7 Å². The Morgan fingerprint density at radius 2 is 1.60 bits per heavy atom. The van der Waals surface area contributed by atoms with Crippen molar-refractivity contribution in [1.29, 1.82) is 0 Å². The van der Waals surface area contributed by atoms with Crippen molar-refractivity contribution < 1.29 is 23.7 Å². The van der Waals surface area contributed by atoms with Crippen molar-refractivity contribution in [2.24, 2.45) is 0 Å². The van der Waals surface area contributed by atoms with E-state index in [4.69, 9.17) is 0 Å². The normalized spacial score (nSPS) is 8.20. The summed E-state index contributed by atoms with van der Waals surface area (Å²) in [6, 6.07) is 0. The van der Waals surface area contributed by atoms with Crippen LogP contribution in [-0.2, 0) is 4.79 Å². The van der Waals surface area contributed by atoms with E-state index in [1.54, 1.807) is 4.90 Å². The van der Waals surface area contributed by atoms with Gasteiger partial charge in [-0.25, -0.2) is 0 Å². The van der Waals surface area contributed by atoms with Gasteiger partial charge in [0, 0.05) is 0 Å². The van der Waals surface area contributed by atoms with E-state index in [1.807, 2.05) is 6.41 Å². The van der Waals surface area contributed by atoms with Crippen LogP contribution >= 0.6 is 0 Å². The number of nitrogens with zero attached hydrogens (tertiary/aromatic N) is 1. The van der Waals surface area contributed by atoms with Gasteiger partial charge in [-0.3, -0.25) is 0 Å². The van der Waals surface area contributed by atoms with Crippen LogP contribution in [0.25, 0.3) is 0 Å². The van der Waals surface area contributed by atoms with Gasteiger partial charge in [-0.15, -0.1) is 0 Å². The van der Waals surface area contributed by atoms with Crippen molar-refractivity contribution in [3.8, 4) is 0 Å². The van der Waals surface area contributed by atoms with Crippen molar-refractivity contribution in [1.82, 2.24) is 4.90 Å². The molecule has 0 spiro atoms. The van der Waals surface area contributed by atoms with Crippen molar-refractivity contribution in [2.75, 3.05) is 13.1 Å². The van der Waals surface area contributed by atoms with Gasteiger partial charge in [-0.05, 0) is 25.9 Å². The fourth-order valence-electron chi connectivity index (χ4n) is 0.743. The summed E-state index contributed by atoms with van der Waals surface area (Å²) in [6.45, 7) is 5.80. The van der Waals surface area contributed by atoms with Crippen molar-refractivity contribution in [3.05, 3.63) is 0 Å². The van der Waals surface area contributed by atoms with Gasteiger partial charge in [0.1, 0.15) is 0 Å². The van der Waals surface area contributed by atoms with E-state index >= 15 is 0 Å². The number of rotatable bonds is 5.